The first kappa shape index (κ1) is 18.4. The molecule has 0 saturated carbocycles. The molecule has 2 aromatic rings. The van der Waals surface area contributed by atoms with E-state index >= 15 is 0 Å². The summed E-state index contributed by atoms with van der Waals surface area (Å²) in [5, 5.41) is 7.52. The molecule has 24 heavy (non-hydrogen) atoms. The summed E-state index contributed by atoms with van der Waals surface area (Å²) in [6.07, 6.45) is 6.24. The minimum absolute atomic E-state index is 0.166. The first-order valence-corrected chi connectivity index (χ1v) is 8.36. The van der Waals surface area contributed by atoms with E-state index in [1.54, 1.807) is 13.2 Å². The van der Waals surface area contributed by atoms with Crippen molar-refractivity contribution in [2.75, 3.05) is 18.9 Å². The molecule has 2 heterocycles. The van der Waals surface area contributed by atoms with Crippen LogP contribution in [0.3, 0.4) is 0 Å². The molecule has 2 aromatic heterocycles. The van der Waals surface area contributed by atoms with Gasteiger partial charge in [-0.1, -0.05) is 24.6 Å². The monoisotopic (exact) mass is 349 g/mol. The zero-order valence-electron chi connectivity index (χ0n) is 14.6. The summed E-state index contributed by atoms with van der Waals surface area (Å²) in [4.78, 5) is 18.3. The van der Waals surface area contributed by atoms with Crippen LogP contribution in [-0.2, 0) is 13.6 Å². The number of halogens is 1. The van der Waals surface area contributed by atoms with Crippen molar-refractivity contribution in [3.8, 4) is 0 Å². The summed E-state index contributed by atoms with van der Waals surface area (Å²) < 4.78 is 1.23. The Labute approximate surface area is 147 Å². The lowest BCUT2D eigenvalue weighted by Gasteiger charge is -2.25. The van der Waals surface area contributed by atoms with E-state index in [9.17, 15) is 4.79 Å². The molecule has 1 atom stereocenters. The van der Waals surface area contributed by atoms with E-state index in [2.05, 4.69) is 40.3 Å². The van der Waals surface area contributed by atoms with Crippen LogP contribution in [0.2, 0.25) is 5.02 Å². The van der Waals surface area contributed by atoms with Gasteiger partial charge in [0.15, 0.2) is 0 Å². The van der Waals surface area contributed by atoms with Gasteiger partial charge in [-0.15, -0.1) is 0 Å². The Balaban J connectivity index is 2.01. The highest BCUT2D eigenvalue weighted by molar-refractivity contribution is 6.32. The molecule has 7 heteroatoms. The van der Waals surface area contributed by atoms with Gasteiger partial charge in [-0.05, 0) is 31.5 Å². The van der Waals surface area contributed by atoms with Crippen LogP contribution in [0.1, 0.15) is 24.5 Å². The number of nitrogens with zero attached hydrogens (tertiary/aromatic N) is 4. The van der Waals surface area contributed by atoms with Gasteiger partial charge in [-0.25, -0.2) is 4.68 Å². The summed E-state index contributed by atoms with van der Waals surface area (Å²) in [5.74, 6) is 0. The first-order valence-electron chi connectivity index (χ1n) is 7.98. The highest BCUT2D eigenvalue weighted by atomic mass is 35.5. The van der Waals surface area contributed by atoms with Gasteiger partial charge in [-0.2, -0.15) is 5.10 Å². The minimum Gasteiger partial charge on any atom is -0.378 e. The van der Waals surface area contributed by atoms with Crippen LogP contribution >= 0.6 is 11.6 Å². The van der Waals surface area contributed by atoms with Crippen LogP contribution in [0.15, 0.2) is 29.5 Å². The number of pyridine rings is 1. The molecule has 0 aliphatic rings. The van der Waals surface area contributed by atoms with Gasteiger partial charge in [0, 0.05) is 38.6 Å². The van der Waals surface area contributed by atoms with Crippen molar-refractivity contribution in [3.05, 3.63) is 51.2 Å². The fourth-order valence-electron chi connectivity index (χ4n) is 2.56. The van der Waals surface area contributed by atoms with E-state index in [-0.39, 0.29) is 16.6 Å². The Bertz CT molecular complexity index is 746. The average molecular weight is 350 g/mol. The molecule has 0 aliphatic heterocycles. The van der Waals surface area contributed by atoms with E-state index < -0.39 is 0 Å². The third kappa shape index (κ3) is 4.79. The van der Waals surface area contributed by atoms with Gasteiger partial charge < -0.3 is 10.2 Å². The number of likely N-dealkylation sites (N-methyl/N-ethyl adjacent to an activating group) is 1. The lowest BCUT2D eigenvalue weighted by Crippen LogP contribution is -2.34. The number of aromatic nitrogens is 3. The van der Waals surface area contributed by atoms with E-state index in [4.69, 9.17) is 11.6 Å². The molecule has 0 aliphatic carbocycles. The molecule has 2 rings (SSSR count). The Morgan fingerprint density at radius 3 is 2.79 bits per heavy atom. The predicted octanol–water partition coefficient (Wildman–Crippen LogP) is 2.46. The van der Waals surface area contributed by atoms with Gasteiger partial charge in [0.05, 0.1) is 11.9 Å². The molecule has 130 valence electrons. The van der Waals surface area contributed by atoms with Crippen LogP contribution < -0.4 is 10.9 Å². The summed E-state index contributed by atoms with van der Waals surface area (Å²) >= 11 is 6.13. The number of anilines is 1. The molecular weight excluding hydrogens is 326 g/mol. The van der Waals surface area contributed by atoms with Crippen molar-refractivity contribution in [3.63, 3.8) is 0 Å². The fourth-order valence-corrected chi connectivity index (χ4v) is 2.79. The third-order valence-electron chi connectivity index (χ3n) is 3.85. The number of aryl methyl sites for hydroxylation is 2. The lowest BCUT2D eigenvalue weighted by molar-refractivity contribution is 0.307. The van der Waals surface area contributed by atoms with Crippen LogP contribution in [0.4, 0.5) is 5.69 Å². The quantitative estimate of drug-likeness (QED) is 0.832. The van der Waals surface area contributed by atoms with Crippen molar-refractivity contribution in [2.24, 2.45) is 7.05 Å². The maximum absolute atomic E-state index is 11.9. The van der Waals surface area contributed by atoms with Gasteiger partial charge in [0.2, 0.25) is 0 Å². The minimum atomic E-state index is -0.296. The molecule has 1 N–H and O–H groups in total. The normalized spacial score (nSPS) is 12.4. The summed E-state index contributed by atoms with van der Waals surface area (Å²) in [6, 6.07) is 2.30. The molecule has 0 aromatic carbocycles. The van der Waals surface area contributed by atoms with Gasteiger partial charge in [-0.3, -0.25) is 9.78 Å². The highest BCUT2D eigenvalue weighted by Gasteiger charge is 2.14. The number of hydrogen-bond acceptors (Lipinski definition) is 5. The van der Waals surface area contributed by atoms with E-state index in [0.29, 0.717) is 5.69 Å². The largest absolute Gasteiger partial charge is 0.378 e. The number of nitrogens with one attached hydrogen (secondary N) is 1. The molecule has 0 radical (unpaired) electrons. The average Bonchev–Trinajstić information content (AvgIpc) is 2.54. The topological polar surface area (TPSA) is 63.1 Å². The Kier molecular flexibility index (Phi) is 6.34. The highest BCUT2D eigenvalue weighted by Crippen LogP contribution is 2.17. The van der Waals surface area contributed by atoms with Gasteiger partial charge in [0.25, 0.3) is 5.56 Å². The summed E-state index contributed by atoms with van der Waals surface area (Å²) in [5.41, 5.74) is 2.62. The van der Waals surface area contributed by atoms with Crippen molar-refractivity contribution in [1.82, 2.24) is 19.7 Å². The van der Waals surface area contributed by atoms with Crippen molar-refractivity contribution in [1.29, 1.82) is 0 Å². The van der Waals surface area contributed by atoms with Crippen LogP contribution in [-0.4, -0.2) is 39.3 Å². The maximum atomic E-state index is 11.9. The molecule has 0 bridgehead atoms. The molecule has 0 fully saturated rings. The third-order valence-corrected chi connectivity index (χ3v) is 4.21. The van der Waals surface area contributed by atoms with Gasteiger partial charge >= 0.3 is 0 Å². The molecule has 0 saturated heterocycles. The Morgan fingerprint density at radius 2 is 2.12 bits per heavy atom. The molecule has 1 unspecified atom stereocenters. The zero-order chi connectivity index (χ0) is 17.7. The van der Waals surface area contributed by atoms with E-state index in [1.165, 1.54) is 10.2 Å². The van der Waals surface area contributed by atoms with Crippen LogP contribution in [0, 0.1) is 6.92 Å². The Morgan fingerprint density at radius 1 is 1.38 bits per heavy atom. The van der Waals surface area contributed by atoms with Crippen LogP contribution in [0.25, 0.3) is 0 Å². The van der Waals surface area contributed by atoms with Crippen molar-refractivity contribution in [2.45, 2.75) is 32.9 Å². The number of rotatable bonds is 7. The molecule has 0 spiro atoms. The predicted molar refractivity (Wildman–Crippen MR) is 97.5 cm³/mol. The first-order chi connectivity index (χ1) is 11.4. The summed E-state index contributed by atoms with van der Waals surface area (Å²) in [7, 11) is 3.65. The van der Waals surface area contributed by atoms with Crippen LogP contribution in [0.5, 0.6) is 0 Å². The molecule has 6 nitrogen and oxygen atoms in total. The van der Waals surface area contributed by atoms with E-state index in [0.717, 1.165) is 25.1 Å². The number of hydrogen-bond donors (Lipinski definition) is 1. The molecular formula is C17H24ClN5O. The standard InChI is InChI=1S/C17H24ClN5O/c1-5-14(21-15-9-20-23(4)17(24)16(15)18)11-22(3)10-13-6-12(2)7-19-8-13/h6-9,14,21H,5,10-11H2,1-4H3. The van der Waals surface area contributed by atoms with Crippen molar-refractivity contribution >= 4 is 17.3 Å². The van der Waals surface area contributed by atoms with E-state index in [1.807, 2.05) is 19.3 Å². The summed E-state index contributed by atoms with van der Waals surface area (Å²) in [6.45, 7) is 5.77. The Hall–Kier alpha value is -1.92. The SMILES string of the molecule is CCC(CN(C)Cc1cncc(C)c1)Nc1cnn(C)c(=O)c1Cl. The second kappa shape index (κ2) is 8.26. The van der Waals surface area contributed by atoms with Gasteiger partial charge in [0.1, 0.15) is 5.02 Å². The fraction of sp³-hybridized carbons (Fsp3) is 0.471. The maximum Gasteiger partial charge on any atom is 0.287 e. The zero-order valence-corrected chi connectivity index (χ0v) is 15.3. The van der Waals surface area contributed by atoms with Crippen molar-refractivity contribution < 1.29 is 0 Å². The lowest BCUT2D eigenvalue weighted by atomic mass is 10.1. The second-order valence-corrected chi connectivity index (χ2v) is 6.50. The second-order valence-electron chi connectivity index (χ2n) is 6.12. The smallest absolute Gasteiger partial charge is 0.287 e. The molecule has 0 amide bonds.